The molecular weight excluding hydrogens is 425 g/mol. The highest BCUT2D eigenvalue weighted by molar-refractivity contribution is 14.0. The summed E-state index contributed by atoms with van der Waals surface area (Å²) >= 11 is 1.78. The maximum Gasteiger partial charge on any atom is 0.190 e. The zero-order chi connectivity index (χ0) is 15.5. The molecule has 2 rings (SSSR count). The Bertz CT molecular complexity index is 530. The molecule has 0 radical (unpaired) electrons. The minimum Gasteiger partial charge on any atom is -0.467 e. The number of nitrogens with zero attached hydrogens (tertiary/aromatic N) is 1. The van der Waals surface area contributed by atoms with E-state index in [2.05, 4.69) is 33.1 Å². The summed E-state index contributed by atoms with van der Waals surface area (Å²) < 4.78 is 10.7. The van der Waals surface area contributed by atoms with Crippen molar-refractivity contribution in [2.45, 2.75) is 19.4 Å². The second-order valence-electron chi connectivity index (χ2n) is 4.74. The number of nitrogens with one attached hydrogen (secondary N) is 2. The zero-order valence-corrected chi connectivity index (χ0v) is 16.4. The molecule has 2 heterocycles. The maximum absolute atomic E-state index is 5.53. The minimum absolute atomic E-state index is 0. The van der Waals surface area contributed by atoms with Crippen molar-refractivity contribution in [1.29, 1.82) is 0 Å². The highest BCUT2D eigenvalue weighted by Gasteiger charge is 1.99. The number of thiophene rings is 1. The summed E-state index contributed by atoms with van der Waals surface area (Å²) in [5, 5.41) is 8.70. The average Bonchev–Trinajstić information content (AvgIpc) is 3.22. The van der Waals surface area contributed by atoms with Crippen molar-refractivity contribution in [2.24, 2.45) is 4.99 Å². The Balaban J connectivity index is 0.00000264. The average molecular weight is 449 g/mol. The molecule has 2 aromatic rings. The molecular formula is C16H24IN3O2S. The van der Waals surface area contributed by atoms with Gasteiger partial charge in [0.2, 0.25) is 0 Å². The Morgan fingerprint density at radius 2 is 2.13 bits per heavy atom. The highest BCUT2D eigenvalue weighted by Crippen LogP contribution is 2.07. The van der Waals surface area contributed by atoms with Gasteiger partial charge in [-0.1, -0.05) is 6.07 Å². The van der Waals surface area contributed by atoms with Crippen molar-refractivity contribution in [2.75, 3.05) is 26.7 Å². The topological polar surface area (TPSA) is 58.8 Å². The van der Waals surface area contributed by atoms with Gasteiger partial charge < -0.3 is 19.8 Å². The lowest BCUT2D eigenvalue weighted by molar-refractivity contribution is 0.105. The summed E-state index contributed by atoms with van der Waals surface area (Å²) in [7, 11) is 1.79. The van der Waals surface area contributed by atoms with E-state index in [-0.39, 0.29) is 24.0 Å². The number of guanidine groups is 1. The fraction of sp³-hybridized carbons (Fsp3) is 0.438. The van der Waals surface area contributed by atoms with Crippen LogP contribution in [0.4, 0.5) is 0 Å². The van der Waals surface area contributed by atoms with Crippen molar-refractivity contribution in [3.05, 3.63) is 46.5 Å². The van der Waals surface area contributed by atoms with Crippen molar-refractivity contribution >= 4 is 41.3 Å². The smallest absolute Gasteiger partial charge is 0.190 e. The molecule has 0 saturated carbocycles. The lowest BCUT2D eigenvalue weighted by Gasteiger charge is -2.11. The van der Waals surface area contributed by atoms with E-state index in [9.17, 15) is 0 Å². The van der Waals surface area contributed by atoms with E-state index >= 15 is 0 Å². The fourth-order valence-corrected chi connectivity index (χ4v) is 2.64. The Labute approximate surface area is 158 Å². The van der Waals surface area contributed by atoms with Gasteiger partial charge in [-0.15, -0.1) is 35.3 Å². The van der Waals surface area contributed by atoms with Crippen LogP contribution in [0.1, 0.15) is 17.1 Å². The Morgan fingerprint density at radius 1 is 1.26 bits per heavy atom. The van der Waals surface area contributed by atoms with E-state index in [0.717, 1.165) is 37.7 Å². The third-order valence-electron chi connectivity index (χ3n) is 3.05. The van der Waals surface area contributed by atoms with Crippen LogP contribution in [0.2, 0.25) is 0 Å². The normalized spacial score (nSPS) is 11.1. The van der Waals surface area contributed by atoms with E-state index in [1.807, 2.05) is 12.1 Å². The number of hydrogen-bond acceptors (Lipinski definition) is 4. The van der Waals surface area contributed by atoms with E-state index in [1.165, 1.54) is 4.88 Å². The molecule has 0 fully saturated rings. The lowest BCUT2D eigenvalue weighted by atomic mass is 10.3. The summed E-state index contributed by atoms with van der Waals surface area (Å²) in [4.78, 5) is 5.59. The standard InChI is InChI=1S/C16H23N3O2S.HI/c1-17-16(19-9-7-15-6-3-12-22-15)18-8-4-10-20-13-14-5-2-11-21-14;/h2-3,5-6,11-12H,4,7-10,13H2,1H3,(H2,17,18,19);1H. The number of furan rings is 1. The fourth-order valence-electron chi connectivity index (χ4n) is 1.93. The van der Waals surface area contributed by atoms with Crippen LogP contribution >= 0.6 is 35.3 Å². The number of aliphatic imine (C=N–C) groups is 1. The van der Waals surface area contributed by atoms with Gasteiger partial charge in [-0.3, -0.25) is 4.99 Å². The van der Waals surface area contributed by atoms with Gasteiger partial charge in [-0.25, -0.2) is 0 Å². The summed E-state index contributed by atoms with van der Waals surface area (Å²) in [6, 6.07) is 8.01. The van der Waals surface area contributed by atoms with Gasteiger partial charge in [-0.05, 0) is 36.4 Å². The zero-order valence-electron chi connectivity index (χ0n) is 13.3. The van der Waals surface area contributed by atoms with Gasteiger partial charge >= 0.3 is 0 Å². The highest BCUT2D eigenvalue weighted by atomic mass is 127. The molecule has 2 aromatic heterocycles. The molecule has 0 aliphatic rings. The predicted octanol–water partition coefficient (Wildman–Crippen LogP) is 3.27. The van der Waals surface area contributed by atoms with Crippen molar-refractivity contribution in [1.82, 2.24) is 10.6 Å². The van der Waals surface area contributed by atoms with Gasteiger partial charge in [0, 0.05) is 31.6 Å². The van der Waals surface area contributed by atoms with Crippen LogP contribution in [-0.4, -0.2) is 32.7 Å². The largest absolute Gasteiger partial charge is 0.467 e. The van der Waals surface area contributed by atoms with Crippen molar-refractivity contribution in [3.63, 3.8) is 0 Å². The molecule has 0 bridgehead atoms. The summed E-state index contributed by atoms with van der Waals surface area (Å²) in [6.45, 7) is 2.94. The molecule has 23 heavy (non-hydrogen) atoms. The van der Waals surface area contributed by atoms with Crippen molar-refractivity contribution < 1.29 is 9.15 Å². The second kappa shape index (κ2) is 12.4. The Kier molecular flexibility index (Phi) is 10.8. The third kappa shape index (κ3) is 8.38. The molecule has 0 atom stereocenters. The third-order valence-corrected chi connectivity index (χ3v) is 3.99. The molecule has 0 spiro atoms. The Hall–Kier alpha value is -1.06. The van der Waals surface area contributed by atoms with Crippen LogP contribution < -0.4 is 10.6 Å². The summed E-state index contributed by atoms with van der Waals surface area (Å²) in [5.74, 6) is 1.70. The Morgan fingerprint density at radius 3 is 2.83 bits per heavy atom. The number of hydrogen-bond donors (Lipinski definition) is 2. The molecule has 0 aliphatic heterocycles. The van der Waals surface area contributed by atoms with Gasteiger partial charge in [0.05, 0.1) is 6.26 Å². The predicted molar refractivity (Wildman–Crippen MR) is 106 cm³/mol. The molecule has 0 unspecified atom stereocenters. The van der Waals surface area contributed by atoms with E-state index in [0.29, 0.717) is 13.2 Å². The summed E-state index contributed by atoms with van der Waals surface area (Å²) in [6.07, 6.45) is 3.60. The first-order valence-corrected chi connectivity index (χ1v) is 8.33. The van der Waals surface area contributed by atoms with Crippen LogP contribution in [-0.2, 0) is 17.8 Å². The first-order chi connectivity index (χ1) is 10.9. The van der Waals surface area contributed by atoms with Gasteiger partial charge in [0.25, 0.3) is 0 Å². The van der Waals surface area contributed by atoms with Gasteiger partial charge in [0.15, 0.2) is 5.96 Å². The molecule has 7 heteroatoms. The van der Waals surface area contributed by atoms with Crippen LogP contribution in [0.15, 0.2) is 45.3 Å². The van der Waals surface area contributed by atoms with Gasteiger partial charge in [0.1, 0.15) is 12.4 Å². The molecule has 128 valence electrons. The molecule has 0 amide bonds. The maximum atomic E-state index is 5.53. The lowest BCUT2D eigenvalue weighted by Crippen LogP contribution is -2.38. The monoisotopic (exact) mass is 449 g/mol. The van der Waals surface area contributed by atoms with E-state index in [4.69, 9.17) is 9.15 Å². The van der Waals surface area contributed by atoms with Gasteiger partial charge in [-0.2, -0.15) is 0 Å². The number of ether oxygens (including phenoxy) is 1. The van der Waals surface area contributed by atoms with Crippen LogP contribution in [0, 0.1) is 0 Å². The molecule has 0 aliphatic carbocycles. The molecule has 0 aromatic carbocycles. The number of halogens is 1. The van der Waals surface area contributed by atoms with Crippen LogP contribution in [0.5, 0.6) is 0 Å². The van der Waals surface area contributed by atoms with Crippen LogP contribution in [0.3, 0.4) is 0 Å². The molecule has 2 N–H and O–H groups in total. The van der Waals surface area contributed by atoms with Crippen LogP contribution in [0.25, 0.3) is 0 Å². The minimum atomic E-state index is 0. The first-order valence-electron chi connectivity index (χ1n) is 7.45. The van der Waals surface area contributed by atoms with E-state index < -0.39 is 0 Å². The van der Waals surface area contributed by atoms with E-state index in [1.54, 1.807) is 24.6 Å². The number of rotatable bonds is 9. The molecule has 5 nitrogen and oxygen atoms in total. The first kappa shape index (κ1) is 20.0. The summed E-state index contributed by atoms with van der Waals surface area (Å²) in [5.41, 5.74) is 0. The quantitative estimate of drug-likeness (QED) is 0.267. The van der Waals surface area contributed by atoms with Crippen molar-refractivity contribution in [3.8, 4) is 0 Å². The SMILES string of the molecule is CN=C(NCCCOCc1ccco1)NCCc1cccs1.I. The second-order valence-corrected chi connectivity index (χ2v) is 5.77. The molecule has 0 saturated heterocycles.